The minimum Gasteiger partial charge on any atom is -0.370 e. The van der Waals surface area contributed by atoms with E-state index < -0.39 is 5.91 Å². The molecule has 122 valence electrons. The van der Waals surface area contributed by atoms with Crippen molar-refractivity contribution in [2.75, 3.05) is 0 Å². The van der Waals surface area contributed by atoms with Gasteiger partial charge in [-0.05, 0) is 59.2 Å². The zero-order valence-electron chi connectivity index (χ0n) is 13.8. The molecular weight excluding hydrogens is 298 g/mol. The fourth-order valence-electron chi connectivity index (χ4n) is 3.19. The van der Waals surface area contributed by atoms with Crippen LogP contribution in [0.25, 0.3) is 5.57 Å². The van der Waals surface area contributed by atoms with Crippen LogP contribution in [-0.4, -0.2) is 11.9 Å². The fraction of sp³-hybridized carbons (Fsp3) is 0.200. The predicted octanol–water partition coefficient (Wildman–Crippen LogP) is 3.04. The van der Waals surface area contributed by atoms with Crippen molar-refractivity contribution in [3.05, 3.63) is 76.4 Å². The molecule has 0 unspecified atom stereocenters. The molecule has 1 amide bonds. The number of benzene rings is 2. The number of aryl methyl sites for hydroxylation is 2. The lowest BCUT2D eigenvalue weighted by Gasteiger charge is -2.20. The minimum atomic E-state index is -0.411. The van der Waals surface area contributed by atoms with E-state index in [1.807, 2.05) is 12.1 Å². The molecule has 3 rings (SSSR count). The van der Waals surface area contributed by atoms with Crippen LogP contribution >= 0.6 is 0 Å². The Hall–Kier alpha value is -2.88. The third-order valence-corrected chi connectivity index (χ3v) is 4.33. The smallest absolute Gasteiger partial charge is 0.280 e. The monoisotopic (exact) mass is 319 g/mol. The topological polar surface area (TPSA) is 81.5 Å². The van der Waals surface area contributed by atoms with Gasteiger partial charge in [0.05, 0.1) is 0 Å². The van der Waals surface area contributed by atoms with Gasteiger partial charge in [0, 0.05) is 5.56 Å². The number of fused-ring (bicyclic) bond motifs is 1. The highest BCUT2D eigenvalue weighted by Gasteiger charge is 2.18. The quantitative estimate of drug-likeness (QED) is 0.674. The summed E-state index contributed by atoms with van der Waals surface area (Å²) >= 11 is 0. The molecule has 2 aromatic rings. The van der Waals surface area contributed by atoms with Crippen LogP contribution in [0.4, 0.5) is 0 Å². The molecule has 1 aliphatic rings. The van der Waals surface area contributed by atoms with Gasteiger partial charge < -0.3 is 11.5 Å². The van der Waals surface area contributed by atoms with E-state index >= 15 is 0 Å². The molecule has 4 N–H and O–H groups in total. The van der Waals surface area contributed by atoms with Gasteiger partial charge in [-0.2, -0.15) is 4.99 Å². The van der Waals surface area contributed by atoms with Crippen LogP contribution in [0.1, 0.15) is 46.0 Å². The van der Waals surface area contributed by atoms with Gasteiger partial charge >= 0.3 is 0 Å². The van der Waals surface area contributed by atoms with Gasteiger partial charge in [-0.15, -0.1) is 0 Å². The second-order valence-corrected chi connectivity index (χ2v) is 5.88. The number of hydrogen-bond donors (Lipinski definition) is 2. The van der Waals surface area contributed by atoms with Gasteiger partial charge in [0.1, 0.15) is 0 Å². The maximum atomic E-state index is 12.1. The van der Waals surface area contributed by atoms with Crippen LogP contribution in [0, 0.1) is 0 Å². The first-order valence-electron chi connectivity index (χ1n) is 8.16. The van der Waals surface area contributed by atoms with Gasteiger partial charge in [-0.3, -0.25) is 4.79 Å². The van der Waals surface area contributed by atoms with E-state index in [0.29, 0.717) is 5.56 Å². The van der Waals surface area contributed by atoms with Crippen molar-refractivity contribution in [3.63, 3.8) is 0 Å². The number of guanidine groups is 1. The summed E-state index contributed by atoms with van der Waals surface area (Å²) in [6.45, 7) is 2.15. The van der Waals surface area contributed by atoms with Gasteiger partial charge in [0.15, 0.2) is 5.96 Å². The third-order valence-electron chi connectivity index (χ3n) is 4.33. The molecule has 0 bridgehead atoms. The maximum Gasteiger partial charge on any atom is 0.280 e. The second-order valence-electron chi connectivity index (χ2n) is 5.88. The molecular formula is C20H21N3O. The Morgan fingerprint density at radius 3 is 2.67 bits per heavy atom. The summed E-state index contributed by atoms with van der Waals surface area (Å²) in [6, 6.07) is 14.1. The zero-order chi connectivity index (χ0) is 17.1. The van der Waals surface area contributed by atoms with E-state index in [0.717, 1.165) is 24.8 Å². The summed E-state index contributed by atoms with van der Waals surface area (Å²) in [7, 11) is 0. The van der Waals surface area contributed by atoms with Crippen molar-refractivity contribution in [1.29, 1.82) is 0 Å². The molecule has 1 aliphatic carbocycles. The van der Waals surface area contributed by atoms with Crippen molar-refractivity contribution in [3.8, 4) is 0 Å². The molecule has 0 heterocycles. The predicted molar refractivity (Wildman–Crippen MR) is 97.8 cm³/mol. The highest BCUT2D eigenvalue weighted by Crippen LogP contribution is 2.34. The molecule has 0 aliphatic heterocycles. The Kier molecular flexibility index (Phi) is 4.47. The third kappa shape index (κ3) is 3.08. The number of carbonyl (C=O) groups is 1. The Balaban J connectivity index is 2.09. The van der Waals surface area contributed by atoms with E-state index in [1.165, 1.54) is 22.3 Å². The zero-order valence-corrected chi connectivity index (χ0v) is 13.8. The van der Waals surface area contributed by atoms with Gasteiger partial charge in [0.2, 0.25) is 0 Å². The van der Waals surface area contributed by atoms with Crippen LogP contribution in [-0.2, 0) is 12.8 Å². The van der Waals surface area contributed by atoms with Crippen LogP contribution in [0.3, 0.4) is 0 Å². The van der Waals surface area contributed by atoms with Crippen molar-refractivity contribution >= 4 is 17.4 Å². The lowest BCUT2D eigenvalue weighted by atomic mass is 9.84. The molecule has 0 atom stereocenters. The Bertz CT molecular complexity index is 846. The first-order chi connectivity index (χ1) is 11.6. The molecule has 0 saturated carbocycles. The van der Waals surface area contributed by atoms with Crippen molar-refractivity contribution in [2.24, 2.45) is 16.5 Å². The number of nitrogens with zero attached hydrogens (tertiary/aromatic N) is 1. The summed E-state index contributed by atoms with van der Waals surface area (Å²) in [5.74, 6) is -0.628. The summed E-state index contributed by atoms with van der Waals surface area (Å²) in [5.41, 5.74) is 17.2. The first-order valence-corrected chi connectivity index (χ1v) is 8.16. The molecule has 0 saturated heterocycles. The van der Waals surface area contributed by atoms with Crippen LogP contribution in [0.2, 0.25) is 0 Å². The van der Waals surface area contributed by atoms with E-state index in [9.17, 15) is 4.79 Å². The highest BCUT2D eigenvalue weighted by molar-refractivity contribution is 6.02. The normalized spacial score (nSPS) is 13.0. The lowest BCUT2D eigenvalue weighted by Crippen LogP contribution is -2.24. The average molecular weight is 319 g/mol. The molecule has 4 heteroatoms. The van der Waals surface area contributed by atoms with Crippen molar-refractivity contribution in [1.82, 2.24) is 0 Å². The van der Waals surface area contributed by atoms with Crippen molar-refractivity contribution < 1.29 is 4.79 Å². The van der Waals surface area contributed by atoms with Crippen LogP contribution in [0.5, 0.6) is 0 Å². The van der Waals surface area contributed by atoms with E-state index in [-0.39, 0.29) is 5.96 Å². The Labute approximate surface area is 141 Å². The molecule has 0 aromatic heterocycles. The lowest BCUT2D eigenvalue weighted by molar-refractivity contribution is 0.100. The number of nitrogens with two attached hydrogens (primary N) is 2. The summed E-state index contributed by atoms with van der Waals surface area (Å²) in [4.78, 5) is 15.8. The SMILES string of the molecule is CCc1ccccc1C1=CCCc2ccc(C(=O)N=C(N)N)cc21. The van der Waals surface area contributed by atoms with Crippen LogP contribution in [0.15, 0.2) is 53.5 Å². The molecule has 0 radical (unpaired) electrons. The molecule has 0 spiro atoms. The minimum absolute atomic E-state index is 0.218. The number of rotatable bonds is 3. The van der Waals surface area contributed by atoms with E-state index in [1.54, 1.807) is 6.07 Å². The van der Waals surface area contributed by atoms with Gasteiger partial charge in [-0.1, -0.05) is 43.3 Å². The van der Waals surface area contributed by atoms with Gasteiger partial charge in [-0.25, -0.2) is 0 Å². The Morgan fingerprint density at radius 2 is 1.92 bits per heavy atom. The summed E-state index contributed by atoms with van der Waals surface area (Å²) < 4.78 is 0. The number of allylic oxidation sites excluding steroid dienone is 1. The van der Waals surface area contributed by atoms with E-state index in [4.69, 9.17) is 11.5 Å². The molecule has 4 nitrogen and oxygen atoms in total. The fourth-order valence-corrected chi connectivity index (χ4v) is 3.19. The second kappa shape index (κ2) is 6.71. The molecule has 2 aromatic carbocycles. The number of hydrogen-bond acceptors (Lipinski definition) is 1. The number of carbonyl (C=O) groups excluding carboxylic acids is 1. The molecule has 24 heavy (non-hydrogen) atoms. The Morgan fingerprint density at radius 1 is 1.12 bits per heavy atom. The highest BCUT2D eigenvalue weighted by atomic mass is 16.1. The maximum absolute atomic E-state index is 12.1. The number of amides is 1. The molecule has 0 fully saturated rings. The van der Waals surface area contributed by atoms with E-state index in [2.05, 4.69) is 42.3 Å². The first kappa shape index (κ1) is 16.0. The standard InChI is InChI=1S/C20H21N3O/c1-2-13-6-3-4-8-16(13)17-9-5-7-14-10-11-15(12-18(14)17)19(24)23-20(21)22/h3-4,6,8-12H,2,5,7H2,1H3,(H4,21,22,23,24). The van der Waals surface area contributed by atoms with Gasteiger partial charge in [0.25, 0.3) is 5.91 Å². The van der Waals surface area contributed by atoms with Crippen molar-refractivity contribution in [2.45, 2.75) is 26.2 Å². The summed E-state index contributed by atoms with van der Waals surface area (Å²) in [5, 5.41) is 0. The number of aliphatic imine (C=N–C) groups is 1. The summed E-state index contributed by atoms with van der Waals surface area (Å²) in [6.07, 6.45) is 5.20. The van der Waals surface area contributed by atoms with Crippen LogP contribution < -0.4 is 11.5 Å². The average Bonchev–Trinajstić information content (AvgIpc) is 2.60. The largest absolute Gasteiger partial charge is 0.370 e.